The van der Waals surface area contributed by atoms with Crippen LogP contribution in [0.25, 0.3) is 0 Å². The fraction of sp³-hybridized carbons (Fsp3) is 0.625. The highest BCUT2D eigenvalue weighted by Gasteiger charge is 2.37. The fourth-order valence-electron chi connectivity index (χ4n) is 3.59. The van der Waals surface area contributed by atoms with E-state index in [4.69, 9.17) is 0 Å². The van der Waals surface area contributed by atoms with Crippen molar-refractivity contribution in [3.8, 4) is 0 Å². The largest absolute Gasteiger partial charge is 0.387 e. The van der Waals surface area contributed by atoms with Crippen molar-refractivity contribution in [2.24, 2.45) is 0 Å². The van der Waals surface area contributed by atoms with Crippen LogP contribution >= 0.6 is 0 Å². The number of aliphatic hydroxyl groups is 1. The number of piperazine rings is 1. The normalized spacial score (nSPS) is 32.5. The lowest BCUT2D eigenvalue weighted by atomic mass is 10.0. The molecular formula is C16H24N2O. The van der Waals surface area contributed by atoms with Gasteiger partial charge in [0.1, 0.15) is 0 Å². The van der Waals surface area contributed by atoms with Crippen molar-refractivity contribution < 1.29 is 5.11 Å². The summed E-state index contributed by atoms with van der Waals surface area (Å²) in [4.78, 5) is 4.95. The minimum atomic E-state index is -0.308. The molecule has 3 unspecified atom stereocenters. The van der Waals surface area contributed by atoms with E-state index >= 15 is 0 Å². The van der Waals surface area contributed by atoms with Crippen molar-refractivity contribution in [3.63, 3.8) is 0 Å². The maximum Gasteiger partial charge on any atom is 0.0951 e. The molecule has 104 valence electrons. The predicted molar refractivity (Wildman–Crippen MR) is 77.2 cm³/mol. The summed E-state index contributed by atoms with van der Waals surface area (Å²) < 4.78 is 0. The summed E-state index contributed by atoms with van der Waals surface area (Å²) in [6.45, 7) is 5.52. The average molecular weight is 260 g/mol. The lowest BCUT2D eigenvalue weighted by Crippen LogP contribution is -2.55. The van der Waals surface area contributed by atoms with Crippen molar-refractivity contribution in [3.05, 3.63) is 35.4 Å². The minimum absolute atomic E-state index is 0.278. The van der Waals surface area contributed by atoms with E-state index in [0.29, 0.717) is 6.04 Å². The number of rotatable bonds is 2. The molecule has 0 amide bonds. The van der Waals surface area contributed by atoms with E-state index in [1.54, 1.807) is 0 Å². The summed E-state index contributed by atoms with van der Waals surface area (Å²) in [6.07, 6.45) is 1.87. The molecule has 0 saturated carbocycles. The monoisotopic (exact) mass is 260 g/mol. The minimum Gasteiger partial charge on any atom is -0.387 e. The standard InChI is InChI=1S/C16H24N2O/c1-3-13-11-18(9-8-17(13)2)15-10-12-6-4-5-7-14(12)16(15)19/h4-7,13,15-16,19H,3,8-11H2,1-2H3. The second-order valence-electron chi connectivity index (χ2n) is 5.95. The Morgan fingerprint density at radius 3 is 2.79 bits per heavy atom. The molecule has 3 heteroatoms. The van der Waals surface area contributed by atoms with Crippen LogP contribution in [0.5, 0.6) is 0 Å². The van der Waals surface area contributed by atoms with Gasteiger partial charge in [0, 0.05) is 31.7 Å². The molecule has 2 aliphatic rings. The Bertz CT molecular complexity index is 448. The maximum absolute atomic E-state index is 10.6. The zero-order chi connectivity index (χ0) is 13.4. The molecule has 0 radical (unpaired) electrons. The molecule has 1 aromatic carbocycles. The molecule has 1 aromatic rings. The van der Waals surface area contributed by atoms with Gasteiger partial charge in [-0.15, -0.1) is 0 Å². The van der Waals surface area contributed by atoms with Gasteiger partial charge in [-0.2, -0.15) is 0 Å². The second kappa shape index (κ2) is 5.23. The van der Waals surface area contributed by atoms with Gasteiger partial charge in [-0.1, -0.05) is 31.2 Å². The van der Waals surface area contributed by atoms with Gasteiger partial charge >= 0.3 is 0 Å². The Morgan fingerprint density at radius 1 is 1.26 bits per heavy atom. The lowest BCUT2D eigenvalue weighted by Gasteiger charge is -2.42. The fourth-order valence-corrected chi connectivity index (χ4v) is 3.59. The molecule has 1 heterocycles. The van der Waals surface area contributed by atoms with Crippen LogP contribution in [-0.2, 0) is 6.42 Å². The van der Waals surface area contributed by atoms with Crippen molar-refractivity contribution in [1.82, 2.24) is 9.80 Å². The highest BCUT2D eigenvalue weighted by Crippen LogP contribution is 2.35. The molecule has 19 heavy (non-hydrogen) atoms. The van der Waals surface area contributed by atoms with E-state index in [0.717, 1.165) is 31.6 Å². The van der Waals surface area contributed by atoms with Gasteiger partial charge in [-0.25, -0.2) is 0 Å². The van der Waals surface area contributed by atoms with Crippen molar-refractivity contribution in [1.29, 1.82) is 0 Å². The van der Waals surface area contributed by atoms with E-state index in [1.165, 1.54) is 12.0 Å². The summed E-state index contributed by atoms with van der Waals surface area (Å²) in [5.74, 6) is 0. The first-order valence-corrected chi connectivity index (χ1v) is 7.41. The van der Waals surface area contributed by atoms with Crippen LogP contribution in [0.1, 0.15) is 30.6 Å². The molecular weight excluding hydrogens is 236 g/mol. The maximum atomic E-state index is 10.6. The van der Waals surface area contributed by atoms with E-state index in [-0.39, 0.29) is 12.1 Å². The summed E-state index contributed by atoms with van der Waals surface area (Å²) in [6, 6.07) is 9.25. The topological polar surface area (TPSA) is 26.7 Å². The summed E-state index contributed by atoms with van der Waals surface area (Å²) in [5, 5.41) is 10.6. The summed E-state index contributed by atoms with van der Waals surface area (Å²) in [7, 11) is 2.21. The van der Waals surface area contributed by atoms with E-state index < -0.39 is 0 Å². The zero-order valence-corrected chi connectivity index (χ0v) is 11.9. The number of benzene rings is 1. The Balaban J connectivity index is 1.75. The molecule has 0 aromatic heterocycles. The Kier molecular flexibility index (Phi) is 3.61. The summed E-state index contributed by atoms with van der Waals surface area (Å²) in [5.41, 5.74) is 2.46. The zero-order valence-electron chi connectivity index (χ0n) is 11.9. The molecule has 1 N–H and O–H groups in total. The number of hydrogen-bond donors (Lipinski definition) is 1. The van der Waals surface area contributed by atoms with E-state index in [1.807, 2.05) is 6.07 Å². The Labute approximate surface area is 115 Å². The number of aliphatic hydroxyl groups excluding tert-OH is 1. The SMILES string of the molecule is CCC1CN(C2Cc3ccccc3C2O)CCN1C. The number of nitrogens with zero attached hydrogens (tertiary/aromatic N) is 2. The van der Waals surface area contributed by atoms with E-state index in [9.17, 15) is 5.11 Å². The first-order chi connectivity index (χ1) is 9.20. The molecule has 3 nitrogen and oxygen atoms in total. The highest BCUT2D eigenvalue weighted by atomic mass is 16.3. The van der Waals surface area contributed by atoms with Gasteiger partial charge in [0.2, 0.25) is 0 Å². The molecule has 1 saturated heterocycles. The van der Waals surface area contributed by atoms with Gasteiger partial charge in [0.25, 0.3) is 0 Å². The van der Waals surface area contributed by atoms with Crippen LogP contribution in [0, 0.1) is 0 Å². The van der Waals surface area contributed by atoms with Crippen LogP contribution in [-0.4, -0.2) is 53.7 Å². The van der Waals surface area contributed by atoms with Gasteiger partial charge in [-0.05, 0) is 31.0 Å². The smallest absolute Gasteiger partial charge is 0.0951 e. The average Bonchev–Trinajstić information content (AvgIpc) is 2.77. The molecule has 3 rings (SSSR count). The van der Waals surface area contributed by atoms with Crippen LogP contribution < -0.4 is 0 Å². The number of likely N-dealkylation sites (N-methyl/N-ethyl adjacent to an activating group) is 1. The van der Waals surface area contributed by atoms with E-state index in [2.05, 4.69) is 42.0 Å². The number of hydrogen-bond acceptors (Lipinski definition) is 3. The van der Waals surface area contributed by atoms with Gasteiger partial charge < -0.3 is 10.0 Å². The van der Waals surface area contributed by atoms with Crippen molar-refractivity contribution in [2.45, 2.75) is 38.0 Å². The summed E-state index contributed by atoms with van der Waals surface area (Å²) >= 11 is 0. The third-order valence-corrected chi connectivity index (χ3v) is 4.92. The van der Waals surface area contributed by atoms with Gasteiger partial charge in [0.15, 0.2) is 0 Å². The van der Waals surface area contributed by atoms with Crippen LogP contribution in [0.3, 0.4) is 0 Å². The molecule has 1 aliphatic heterocycles. The van der Waals surface area contributed by atoms with Gasteiger partial charge in [-0.3, -0.25) is 4.90 Å². The number of fused-ring (bicyclic) bond motifs is 1. The molecule has 0 bridgehead atoms. The van der Waals surface area contributed by atoms with Crippen LogP contribution in [0.4, 0.5) is 0 Å². The molecule has 3 atom stereocenters. The first kappa shape index (κ1) is 13.1. The second-order valence-corrected chi connectivity index (χ2v) is 5.95. The first-order valence-electron chi connectivity index (χ1n) is 7.41. The highest BCUT2D eigenvalue weighted by molar-refractivity contribution is 5.36. The Hall–Kier alpha value is -0.900. The molecule has 0 spiro atoms. The third-order valence-electron chi connectivity index (χ3n) is 4.92. The van der Waals surface area contributed by atoms with Gasteiger partial charge in [0.05, 0.1) is 6.10 Å². The van der Waals surface area contributed by atoms with Crippen LogP contribution in [0.2, 0.25) is 0 Å². The molecule has 1 fully saturated rings. The Morgan fingerprint density at radius 2 is 2.05 bits per heavy atom. The van der Waals surface area contributed by atoms with Crippen LogP contribution in [0.15, 0.2) is 24.3 Å². The van der Waals surface area contributed by atoms with Crippen molar-refractivity contribution >= 4 is 0 Å². The van der Waals surface area contributed by atoms with Crippen molar-refractivity contribution in [2.75, 3.05) is 26.7 Å². The molecule has 1 aliphatic carbocycles. The third kappa shape index (κ3) is 2.31. The lowest BCUT2D eigenvalue weighted by molar-refractivity contribution is 0.00981. The predicted octanol–water partition coefficient (Wildman–Crippen LogP) is 1.67. The quantitative estimate of drug-likeness (QED) is 0.876.